The van der Waals surface area contributed by atoms with Gasteiger partial charge in [-0.2, -0.15) is 0 Å². The van der Waals surface area contributed by atoms with Gasteiger partial charge in [-0.1, -0.05) is 0 Å². The van der Waals surface area contributed by atoms with Crippen LogP contribution in [-0.4, -0.2) is 50.2 Å². The molecule has 1 aliphatic heterocycles. The Morgan fingerprint density at radius 3 is 2.82 bits per heavy atom. The number of hydrogen-bond donors (Lipinski definition) is 3. The van der Waals surface area contributed by atoms with E-state index in [1.54, 1.807) is 0 Å². The molecular formula is C11H21N3O3. The first-order valence-electron chi connectivity index (χ1n) is 5.98. The molecule has 1 heterocycles. The van der Waals surface area contributed by atoms with Crippen LogP contribution in [0.4, 0.5) is 0 Å². The zero-order valence-corrected chi connectivity index (χ0v) is 10.4. The average Bonchev–Trinajstić information content (AvgIpc) is 2.29. The zero-order chi connectivity index (χ0) is 12.7. The molecule has 2 amide bonds. The molecule has 0 spiro atoms. The van der Waals surface area contributed by atoms with E-state index in [0.29, 0.717) is 32.7 Å². The molecule has 0 radical (unpaired) electrons. The number of nitrogens with one attached hydrogen (secondary N) is 3. The van der Waals surface area contributed by atoms with Gasteiger partial charge in [0, 0.05) is 25.6 Å². The lowest BCUT2D eigenvalue weighted by Gasteiger charge is -2.22. The van der Waals surface area contributed by atoms with Crippen molar-refractivity contribution in [3.05, 3.63) is 0 Å². The number of amides is 2. The third-order valence-corrected chi connectivity index (χ3v) is 2.34. The largest absolute Gasteiger partial charge is 0.378 e. The van der Waals surface area contributed by atoms with E-state index in [4.69, 9.17) is 4.74 Å². The second-order valence-corrected chi connectivity index (χ2v) is 4.34. The van der Waals surface area contributed by atoms with Gasteiger partial charge in [0.1, 0.15) is 6.04 Å². The minimum Gasteiger partial charge on any atom is -0.378 e. The smallest absolute Gasteiger partial charge is 0.239 e. The Balaban J connectivity index is 2.13. The van der Waals surface area contributed by atoms with Crippen molar-refractivity contribution in [3.8, 4) is 0 Å². The van der Waals surface area contributed by atoms with Gasteiger partial charge >= 0.3 is 0 Å². The molecule has 1 atom stereocenters. The summed E-state index contributed by atoms with van der Waals surface area (Å²) in [5, 5.41) is 8.53. The van der Waals surface area contributed by atoms with Crippen LogP contribution in [0.15, 0.2) is 0 Å². The lowest BCUT2D eigenvalue weighted by atomic mass is 10.2. The normalized spacial score (nSPS) is 20.1. The molecule has 0 saturated carbocycles. The van der Waals surface area contributed by atoms with E-state index >= 15 is 0 Å². The van der Waals surface area contributed by atoms with Crippen molar-refractivity contribution < 1.29 is 14.3 Å². The van der Waals surface area contributed by atoms with Gasteiger partial charge < -0.3 is 20.7 Å². The van der Waals surface area contributed by atoms with Crippen LogP contribution in [0.2, 0.25) is 0 Å². The van der Waals surface area contributed by atoms with Gasteiger partial charge in [0.15, 0.2) is 0 Å². The predicted octanol–water partition coefficient (Wildman–Crippen LogP) is -0.994. The minimum atomic E-state index is -0.295. The number of carbonyl (C=O) groups is 2. The van der Waals surface area contributed by atoms with Crippen LogP contribution in [0, 0.1) is 0 Å². The third kappa shape index (κ3) is 5.65. The Morgan fingerprint density at radius 2 is 2.24 bits per heavy atom. The molecule has 0 aromatic heterocycles. The molecule has 1 fully saturated rings. The third-order valence-electron chi connectivity index (χ3n) is 2.34. The Morgan fingerprint density at radius 1 is 1.47 bits per heavy atom. The van der Waals surface area contributed by atoms with Crippen LogP contribution < -0.4 is 16.0 Å². The Labute approximate surface area is 101 Å². The number of hydrogen-bond acceptors (Lipinski definition) is 4. The van der Waals surface area contributed by atoms with Crippen molar-refractivity contribution in [1.82, 2.24) is 16.0 Å². The van der Waals surface area contributed by atoms with Gasteiger partial charge in [-0.25, -0.2) is 0 Å². The summed E-state index contributed by atoms with van der Waals surface area (Å²) < 4.78 is 5.18. The molecule has 1 aliphatic rings. The first-order chi connectivity index (χ1) is 8.09. The Kier molecular flexibility index (Phi) is 5.93. The van der Waals surface area contributed by atoms with Crippen molar-refractivity contribution in [2.75, 3.05) is 26.3 Å². The Hall–Kier alpha value is -1.14. The summed E-state index contributed by atoms with van der Waals surface area (Å²) in [6, 6.07) is -0.163. The van der Waals surface area contributed by atoms with Gasteiger partial charge in [-0.05, 0) is 13.8 Å². The second kappa shape index (κ2) is 7.24. The lowest BCUT2D eigenvalue weighted by molar-refractivity contribution is -0.126. The van der Waals surface area contributed by atoms with E-state index in [1.165, 1.54) is 0 Å². The van der Waals surface area contributed by atoms with Crippen LogP contribution >= 0.6 is 0 Å². The molecule has 3 N–H and O–H groups in total. The van der Waals surface area contributed by atoms with Gasteiger partial charge in [0.05, 0.1) is 13.2 Å². The first kappa shape index (κ1) is 13.9. The van der Waals surface area contributed by atoms with E-state index in [-0.39, 0.29) is 23.9 Å². The van der Waals surface area contributed by atoms with Crippen molar-refractivity contribution >= 4 is 11.8 Å². The van der Waals surface area contributed by atoms with Crippen molar-refractivity contribution in [3.63, 3.8) is 0 Å². The summed E-state index contributed by atoms with van der Waals surface area (Å²) >= 11 is 0. The van der Waals surface area contributed by atoms with Gasteiger partial charge in [-0.3, -0.25) is 9.59 Å². The minimum absolute atomic E-state index is 0.0480. The summed E-state index contributed by atoms with van der Waals surface area (Å²) in [6.45, 7) is 5.88. The number of rotatable bonds is 5. The molecule has 6 heteroatoms. The maximum atomic E-state index is 11.6. The van der Waals surface area contributed by atoms with Gasteiger partial charge in [0.2, 0.25) is 11.8 Å². The maximum Gasteiger partial charge on any atom is 0.239 e. The highest BCUT2D eigenvalue weighted by molar-refractivity contribution is 5.83. The summed E-state index contributed by atoms with van der Waals surface area (Å²) in [5.41, 5.74) is 0. The van der Waals surface area contributed by atoms with Crippen LogP contribution in [0.25, 0.3) is 0 Å². The maximum absolute atomic E-state index is 11.6. The standard InChI is InChI=1S/C11H21N3O3/c1-8(2)14-10(15)3-4-13-11(16)9-7-17-6-5-12-9/h8-9,12H,3-7H2,1-2H3,(H,13,16)(H,14,15). The summed E-state index contributed by atoms with van der Waals surface area (Å²) in [7, 11) is 0. The van der Waals surface area contributed by atoms with Crippen molar-refractivity contribution in [1.29, 1.82) is 0 Å². The summed E-state index contributed by atoms with van der Waals surface area (Å²) in [6.07, 6.45) is 0.303. The van der Waals surface area contributed by atoms with Gasteiger partial charge in [-0.15, -0.1) is 0 Å². The van der Waals surface area contributed by atoms with Crippen LogP contribution in [0.3, 0.4) is 0 Å². The van der Waals surface area contributed by atoms with E-state index in [9.17, 15) is 9.59 Å². The van der Waals surface area contributed by atoms with E-state index in [2.05, 4.69) is 16.0 Å². The molecule has 0 aromatic carbocycles. The van der Waals surface area contributed by atoms with Crippen LogP contribution in [-0.2, 0) is 14.3 Å². The van der Waals surface area contributed by atoms with Crippen LogP contribution in [0.1, 0.15) is 20.3 Å². The zero-order valence-electron chi connectivity index (χ0n) is 10.4. The van der Waals surface area contributed by atoms with Crippen molar-refractivity contribution in [2.45, 2.75) is 32.4 Å². The lowest BCUT2D eigenvalue weighted by Crippen LogP contribution is -2.51. The predicted molar refractivity (Wildman–Crippen MR) is 63.5 cm³/mol. The summed E-state index contributed by atoms with van der Waals surface area (Å²) in [5.74, 6) is -0.157. The molecule has 1 unspecified atom stereocenters. The highest BCUT2D eigenvalue weighted by Crippen LogP contribution is 1.93. The molecule has 0 bridgehead atoms. The highest BCUT2D eigenvalue weighted by atomic mass is 16.5. The van der Waals surface area contributed by atoms with E-state index in [1.807, 2.05) is 13.8 Å². The topological polar surface area (TPSA) is 79.5 Å². The molecule has 1 rings (SSSR count). The van der Waals surface area contributed by atoms with E-state index in [0.717, 1.165) is 0 Å². The SMILES string of the molecule is CC(C)NC(=O)CCNC(=O)C1COCCN1. The molecule has 98 valence electrons. The number of morpholine rings is 1. The fourth-order valence-corrected chi connectivity index (χ4v) is 1.55. The molecular weight excluding hydrogens is 222 g/mol. The summed E-state index contributed by atoms with van der Waals surface area (Å²) in [4.78, 5) is 22.9. The molecule has 17 heavy (non-hydrogen) atoms. The second-order valence-electron chi connectivity index (χ2n) is 4.34. The molecule has 0 aliphatic carbocycles. The molecule has 1 saturated heterocycles. The van der Waals surface area contributed by atoms with Crippen molar-refractivity contribution in [2.24, 2.45) is 0 Å². The fourth-order valence-electron chi connectivity index (χ4n) is 1.55. The molecule has 0 aromatic rings. The fraction of sp³-hybridized carbons (Fsp3) is 0.818. The van der Waals surface area contributed by atoms with Gasteiger partial charge in [0.25, 0.3) is 0 Å². The van der Waals surface area contributed by atoms with E-state index < -0.39 is 0 Å². The average molecular weight is 243 g/mol. The quantitative estimate of drug-likeness (QED) is 0.579. The Bertz CT molecular complexity index is 263. The molecule has 6 nitrogen and oxygen atoms in total. The van der Waals surface area contributed by atoms with Crippen LogP contribution in [0.5, 0.6) is 0 Å². The highest BCUT2D eigenvalue weighted by Gasteiger charge is 2.20. The number of carbonyl (C=O) groups excluding carboxylic acids is 2. The monoisotopic (exact) mass is 243 g/mol. The first-order valence-corrected chi connectivity index (χ1v) is 5.98. The number of ether oxygens (including phenoxy) is 1.